The van der Waals surface area contributed by atoms with Crippen LogP contribution in [0.4, 0.5) is 16.3 Å². The van der Waals surface area contributed by atoms with Crippen molar-refractivity contribution < 1.29 is 14.1 Å². The van der Waals surface area contributed by atoms with E-state index in [2.05, 4.69) is 20.4 Å². The number of nitrogen functional groups attached to an aromatic ring is 1. The Morgan fingerprint density at radius 1 is 1.26 bits per heavy atom. The number of nitrogens with zero attached hydrogens (tertiary/aromatic N) is 4. The van der Waals surface area contributed by atoms with Crippen molar-refractivity contribution >= 4 is 17.6 Å². The molecule has 0 aromatic carbocycles. The summed E-state index contributed by atoms with van der Waals surface area (Å²) in [5.74, 6) is 0.736. The molecule has 2 rings (SSSR count). The minimum absolute atomic E-state index is 0.0902. The molecule has 0 atom stereocenters. The molecule has 0 saturated heterocycles. The number of alkyl carbamates (subject to hydrolysis) is 1. The van der Waals surface area contributed by atoms with Crippen LogP contribution >= 0.6 is 0 Å². The number of hydrogen-bond acceptors (Lipinski definition) is 9. The molecule has 196 valence electrons. The first-order valence-electron chi connectivity index (χ1n) is 11.9. The van der Waals surface area contributed by atoms with Crippen LogP contribution in [-0.2, 0) is 23.4 Å². The molecule has 0 fully saturated rings. The Kier molecular flexibility index (Phi) is 8.74. The molecule has 0 aliphatic rings. The Morgan fingerprint density at radius 3 is 2.49 bits per heavy atom. The van der Waals surface area contributed by atoms with E-state index in [-0.39, 0.29) is 35.7 Å². The van der Waals surface area contributed by atoms with Crippen molar-refractivity contribution in [3.8, 4) is 0 Å². The molecule has 0 saturated carbocycles. The van der Waals surface area contributed by atoms with E-state index in [0.29, 0.717) is 13.1 Å². The first-order valence-corrected chi connectivity index (χ1v) is 11.9. The monoisotopic (exact) mass is 493 g/mol. The number of hydrogen-bond donors (Lipinski definition) is 3. The lowest BCUT2D eigenvalue weighted by molar-refractivity contribution is 0.0465. The summed E-state index contributed by atoms with van der Waals surface area (Å²) in [7, 11) is 0. The SMILES string of the molecule is CCCCn1c(N)c(N(Cc2nc(C(C)(C)NC(=O)OC(C)(C)C)no2)CC(C)C)c(=O)[nH]c1=O. The summed E-state index contributed by atoms with van der Waals surface area (Å²) in [5.41, 5.74) is 3.75. The number of aromatic nitrogens is 4. The van der Waals surface area contributed by atoms with Gasteiger partial charge in [0.2, 0.25) is 5.89 Å². The van der Waals surface area contributed by atoms with E-state index in [9.17, 15) is 14.4 Å². The van der Waals surface area contributed by atoms with Gasteiger partial charge in [0, 0.05) is 13.1 Å². The normalized spacial score (nSPS) is 12.1. The number of nitrogens with one attached hydrogen (secondary N) is 2. The Bertz CT molecular complexity index is 1120. The van der Waals surface area contributed by atoms with Crippen molar-refractivity contribution in [1.29, 1.82) is 0 Å². The van der Waals surface area contributed by atoms with Crippen LogP contribution in [0.2, 0.25) is 0 Å². The quantitative estimate of drug-likeness (QED) is 0.452. The van der Waals surface area contributed by atoms with Crippen molar-refractivity contribution in [2.45, 2.75) is 92.5 Å². The Morgan fingerprint density at radius 2 is 1.91 bits per heavy atom. The second kappa shape index (κ2) is 11.0. The van der Waals surface area contributed by atoms with Gasteiger partial charge in [0.1, 0.15) is 22.6 Å². The van der Waals surface area contributed by atoms with Crippen molar-refractivity contribution in [2.24, 2.45) is 5.92 Å². The van der Waals surface area contributed by atoms with Gasteiger partial charge in [-0.25, -0.2) is 9.59 Å². The number of H-pyrrole nitrogens is 1. The van der Waals surface area contributed by atoms with Gasteiger partial charge >= 0.3 is 11.8 Å². The lowest BCUT2D eigenvalue weighted by atomic mass is 10.1. The Hall–Kier alpha value is -3.31. The van der Waals surface area contributed by atoms with Crippen LogP contribution in [0.25, 0.3) is 0 Å². The third-order valence-electron chi connectivity index (χ3n) is 5.02. The summed E-state index contributed by atoms with van der Waals surface area (Å²) < 4.78 is 12.1. The largest absolute Gasteiger partial charge is 0.444 e. The van der Waals surface area contributed by atoms with E-state index in [0.717, 1.165) is 12.8 Å². The molecular formula is C23H39N7O5. The van der Waals surface area contributed by atoms with Gasteiger partial charge in [0.05, 0.1) is 6.54 Å². The molecule has 1 amide bonds. The van der Waals surface area contributed by atoms with Gasteiger partial charge in [-0.3, -0.25) is 14.3 Å². The lowest BCUT2D eigenvalue weighted by Crippen LogP contribution is -2.44. The van der Waals surface area contributed by atoms with Crippen LogP contribution in [0, 0.1) is 5.92 Å². The van der Waals surface area contributed by atoms with Crippen molar-refractivity contribution in [2.75, 3.05) is 17.2 Å². The first kappa shape index (κ1) is 27.9. The number of carbonyl (C=O) groups is 1. The molecule has 0 bridgehead atoms. The molecule has 4 N–H and O–H groups in total. The smallest absolute Gasteiger partial charge is 0.408 e. The number of rotatable bonds is 10. The highest BCUT2D eigenvalue weighted by molar-refractivity contribution is 5.68. The summed E-state index contributed by atoms with van der Waals surface area (Å²) in [5, 5.41) is 6.76. The summed E-state index contributed by atoms with van der Waals surface area (Å²) in [6.07, 6.45) is 1.00. The molecule has 0 radical (unpaired) electrons. The maximum absolute atomic E-state index is 12.8. The highest BCUT2D eigenvalue weighted by Crippen LogP contribution is 2.23. The fraction of sp³-hybridized carbons (Fsp3) is 0.696. The zero-order valence-electron chi connectivity index (χ0n) is 22.0. The van der Waals surface area contributed by atoms with Crippen LogP contribution in [0.1, 0.15) is 79.9 Å². The number of nitrogens with two attached hydrogens (primary N) is 1. The molecule has 2 heterocycles. The number of aromatic amines is 1. The second-order valence-electron chi connectivity index (χ2n) is 10.5. The fourth-order valence-corrected chi connectivity index (χ4v) is 3.45. The van der Waals surface area contributed by atoms with Gasteiger partial charge in [0.15, 0.2) is 5.82 Å². The van der Waals surface area contributed by atoms with Crippen molar-refractivity contribution in [3.63, 3.8) is 0 Å². The standard InChI is InChI=1S/C23H39N7O5/c1-9-10-11-30-17(24)16(18(31)26-20(30)32)29(12-14(2)3)13-15-25-19(28-35-15)23(7,8)27-21(33)34-22(4,5)6/h14H,9-13,24H2,1-8H3,(H,27,33)(H,26,31,32). The zero-order valence-corrected chi connectivity index (χ0v) is 22.0. The molecule has 0 unspecified atom stereocenters. The molecule has 12 nitrogen and oxygen atoms in total. The Labute approximate surface area is 205 Å². The molecule has 35 heavy (non-hydrogen) atoms. The highest BCUT2D eigenvalue weighted by Gasteiger charge is 2.31. The van der Waals surface area contributed by atoms with Gasteiger partial charge in [-0.1, -0.05) is 32.3 Å². The minimum Gasteiger partial charge on any atom is -0.444 e. The fourth-order valence-electron chi connectivity index (χ4n) is 3.45. The van der Waals surface area contributed by atoms with Crippen LogP contribution < -0.4 is 27.2 Å². The van der Waals surface area contributed by atoms with E-state index >= 15 is 0 Å². The number of amides is 1. The summed E-state index contributed by atoms with van der Waals surface area (Å²) in [6, 6.07) is 0. The zero-order chi connectivity index (χ0) is 26.6. The summed E-state index contributed by atoms with van der Waals surface area (Å²) in [6.45, 7) is 15.7. The number of anilines is 2. The average molecular weight is 494 g/mol. The molecule has 2 aromatic heterocycles. The topological polar surface area (TPSA) is 161 Å². The van der Waals surface area contributed by atoms with E-state index < -0.39 is 28.5 Å². The van der Waals surface area contributed by atoms with Crippen LogP contribution in [0.15, 0.2) is 14.1 Å². The van der Waals surface area contributed by atoms with Crippen LogP contribution in [-0.4, -0.2) is 37.9 Å². The average Bonchev–Trinajstić information content (AvgIpc) is 3.14. The predicted molar refractivity (Wildman–Crippen MR) is 133 cm³/mol. The predicted octanol–water partition coefficient (Wildman–Crippen LogP) is 2.72. The van der Waals surface area contributed by atoms with Gasteiger partial charge in [0.25, 0.3) is 5.56 Å². The molecule has 12 heteroatoms. The van der Waals surface area contributed by atoms with Gasteiger partial charge in [-0.05, 0) is 47.0 Å². The van der Waals surface area contributed by atoms with Gasteiger partial charge in [-0.15, -0.1) is 0 Å². The number of ether oxygens (including phenoxy) is 1. The molecule has 0 aliphatic heterocycles. The maximum Gasteiger partial charge on any atom is 0.408 e. The maximum atomic E-state index is 12.8. The number of unbranched alkanes of at least 4 members (excludes halogenated alkanes) is 1. The van der Waals surface area contributed by atoms with E-state index in [1.54, 1.807) is 39.5 Å². The van der Waals surface area contributed by atoms with Gasteiger partial charge in [-0.2, -0.15) is 4.98 Å². The number of carbonyl (C=O) groups excluding carboxylic acids is 1. The van der Waals surface area contributed by atoms with Crippen molar-refractivity contribution in [1.82, 2.24) is 25.0 Å². The van der Waals surface area contributed by atoms with Crippen LogP contribution in [0.3, 0.4) is 0 Å². The molecular weight excluding hydrogens is 454 g/mol. The summed E-state index contributed by atoms with van der Waals surface area (Å²) >= 11 is 0. The van der Waals surface area contributed by atoms with Gasteiger partial charge < -0.3 is 25.2 Å². The molecule has 0 aliphatic carbocycles. The highest BCUT2D eigenvalue weighted by atomic mass is 16.6. The van der Waals surface area contributed by atoms with E-state index in [4.69, 9.17) is 15.0 Å². The van der Waals surface area contributed by atoms with E-state index in [1.807, 2.05) is 20.8 Å². The third kappa shape index (κ3) is 7.59. The Balaban J connectivity index is 2.35. The lowest BCUT2D eigenvalue weighted by Gasteiger charge is -2.27. The van der Waals surface area contributed by atoms with Crippen molar-refractivity contribution in [3.05, 3.63) is 32.6 Å². The van der Waals surface area contributed by atoms with Crippen LogP contribution in [0.5, 0.6) is 0 Å². The first-order chi connectivity index (χ1) is 16.1. The second-order valence-corrected chi connectivity index (χ2v) is 10.5. The molecule has 0 spiro atoms. The minimum atomic E-state index is -0.975. The molecule has 2 aromatic rings. The summed E-state index contributed by atoms with van der Waals surface area (Å²) in [4.78, 5) is 45.9. The van der Waals surface area contributed by atoms with E-state index in [1.165, 1.54) is 4.57 Å². The third-order valence-corrected chi connectivity index (χ3v) is 5.02.